The average Bonchev–Trinajstić information content (AvgIpc) is 2.81. The van der Waals surface area contributed by atoms with E-state index < -0.39 is 0 Å². The molecule has 0 spiro atoms. The zero-order chi connectivity index (χ0) is 20.1. The van der Waals surface area contributed by atoms with Gasteiger partial charge in [-0.1, -0.05) is 109 Å². The van der Waals surface area contributed by atoms with Crippen molar-refractivity contribution in [3.63, 3.8) is 0 Å². The minimum atomic E-state index is -0.199. The molecular formula is C26H20N2O. The number of benzene rings is 4. The van der Waals surface area contributed by atoms with E-state index in [1.165, 1.54) is 0 Å². The summed E-state index contributed by atoms with van der Waals surface area (Å²) in [6.45, 7) is 0. The van der Waals surface area contributed by atoms with Gasteiger partial charge in [-0.05, 0) is 22.3 Å². The Morgan fingerprint density at radius 3 is 1.48 bits per heavy atom. The number of hydrazone groups is 1. The Morgan fingerprint density at radius 2 is 0.966 bits per heavy atom. The highest BCUT2D eigenvalue weighted by Crippen LogP contribution is 2.28. The molecule has 4 aromatic carbocycles. The quantitative estimate of drug-likeness (QED) is 0.214. The van der Waals surface area contributed by atoms with E-state index in [1.807, 2.05) is 109 Å². The fourth-order valence-corrected chi connectivity index (χ4v) is 3.49. The summed E-state index contributed by atoms with van der Waals surface area (Å²) in [5.74, 6) is 5.55. The molecule has 3 nitrogen and oxygen atoms in total. The van der Waals surface area contributed by atoms with Crippen molar-refractivity contribution in [2.45, 2.75) is 0 Å². The molecule has 4 aromatic rings. The van der Waals surface area contributed by atoms with Crippen LogP contribution in [0.3, 0.4) is 0 Å². The monoisotopic (exact) mass is 376 g/mol. The van der Waals surface area contributed by atoms with E-state index in [2.05, 4.69) is 5.10 Å². The lowest BCUT2D eigenvalue weighted by molar-refractivity contribution is 0.106. The molecule has 0 saturated heterocycles. The number of carbonyl (C=O) groups excluding carboxylic acids is 1. The van der Waals surface area contributed by atoms with Crippen molar-refractivity contribution in [3.8, 4) is 22.3 Å². The minimum Gasteiger partial charge on any atom is -0.323 e. The molecule has 0 unspecified atom stereocenters. The Morgan fingerprint density at radius 1 is 0.552 bits per heavy atom. The van der Waals surface area contributed by atoms with E-state index in [0.29, 0.717) is 11.1 Å². The molecule has 29 heavy (non-hydrogen) atoms. The van der Waals surface area contributed by atoms with Gasteiger partial charge < -0.3 is 5.84 Å². The molecule has 0 aromatic heterocycles. The Hall–Kier alpha value is -3.98. The molecule has 3 heteroatoms. The fraction of sp³-hybridized carbons (Fsp3) is 0. The van der Waals surface area contributed by atoms with Gasteiger partial charge in [0.2, 0.25) is 5.78 Å². The van der Waals surface area contributed by atoms with E-state index in [4.69, 9.17) is 5.84 Å². The van der Waals surface area contributed by atoms with Crippen LogP contribution in [0.5, 0.6) is 0 Å². The molecule has 0 heterocycles. The Bertz CT molecular complexity index is 1170. The second-order valence-electron chi connectivity index (χ2n) is 6.63. The molecule has 0 aliphatic carbocycles. The van der Waals surface area contributed by atoms with Crippen LogP contribution in [-0.2, 0) is 0 Å². The molecule has 4 rings (SSSR count). The molecule has 140 valence electrons. The van der Waals surface area contributed by atoms with Gasteiger partial charge in [-0.3, -0.25) is 4.79 Å². The van der Waals surface area contributed by atoms with Crippen molar-refractivity contribution in [1.29, 1.82) is 0 Å². The maximum absolute atomic E-state index is 13.5. The predicted octanol–water partition coefficient (Wildman–Crippen LogP) is 5.57. The van der Waals surface area contributed by atoms with Gasteiger partial charge in [0.25, 0.3) is 0 Å². The molecule has 0 aliphatic rings. The predicted molar refractivity (Wildman–Crippen MR) is 119 cm³/mol. The summed E-state index contributed by atoms with van der Waals surface area (Å²) in [5, 5.41) is 3.92. The third-order valence-corrected chi connectivity index (χ3v) is 4.87. The first-order valence-corrected chi connectivity index (χ1v) is 9.41. The van der Waals surface area contributed by atoms with E-state index in [0.717, 1.165) is 22.3 Å². The maximum atomic E-state index is 13.5. The second kappa shape index (κ2) is 8.36. The van der Waals surface area contributed by atoms with Gasteiger partial charge in [-0.25, -0.2) is 0 Å². The average molecular weight is 376 g/mol. The van der Waals surface area contributed by atoms with Crippen molar-refractivity contribution in [1.82, 2.24) is 0 Å². The van der Waals surface area contributed by atoms with Crippen LogP contribution < -0.4 is 5.84 Å². The number of hydrogen-bond donors (Lipinski definition) is 1. The van der Waals surface area contributed by atoms with Crippen molar-refractivity contribution in [3.05, 3.63) is 120 Å². The molecule has 0 radical (unpaired) electrons. The summed E-state index contributed by atoms with van der Waals surface area (Å²) in [6.07, 6.45) is 0. The highest BCUT2D eigenvalue weighted by atomic mass is 16.1. The highest BCUT2D eigenvalue weighted by molar-refractivity contribution is 6.53. The first-order valence-electron chi connectivity index (χ1n) is 9.41. The van der Waals surface area contributed by atoms with Crippen molar-refractivity contribution < 1.29 is 4.79 Å². The first kappa shape index (κ1) is 18.4. The maximum Gasteiger partial charge on any atom is 0.214 e. The number of rotatable bonds is 5. The summed E-state index contributed by atoms with van der Waals surface area (Å²) >= 11 is 0. The molecule has 0 fully saturated rings. The number of Topliss-reactive ketones (excluding diaryl/α,β-unsaturated/α-hetero) is 1. The standard InChI is InChI=1S/C26H20N2O/c27-28-25(23-17-9-7-15-21(23)19-11-3-1-4-12-19)26(29)24-18-10-8-16-22(24)20-13-5-2-6-14-20/h1-18H,27H2/b28-25-. The summed E-state index contributed by atoms with van der Waals surface area (Å²) in [4.78, 5) is 13.5. The number of nitrogens with zero attached hydrogens (tertiary/aromatic N) is 1. The zero-order valence-electron chi connectivity index (χ0n) is 15.8. The van der Waals surface area contributed by atoms with Gasteiger partial charge in [0, 0.05) is 11.1 Å². The molecule has 0 saturated carbocycles. The number of carbonyl (C=O) groups is 1. The molecular weight excluding hydrogens is 356 g/mol. The smallest absolute Gasteiger partial charge is 0.214 e. The highest BCUT2D eigenvalue weighted by Gasteiger charge is 2.22. The van der Waals surface area contributed by atoms with Crippen LogP contribution in [0.1, 0.15) is 15.9 Å². The topological polar surface area (TPSA) is 55.4 Å². The molecule has 2 N–H and O–H groups in total. The van der Waals surface area contributed by atoms with Crippen molar-refractivity contribution in [2.24, 2.45) is 10.9 Å². The largest absolute Gasteiger partial charge is 0.323 e. The van der Waals surface area contributed by atoms with Crippen LogP contribution in [0.4, 0.5) is 0 Å². The molecule has 0 bridgehead atoms. The summed E-state index contributed by atoms with van der Waals surface area (Å²) in [6, 6.07) is 35.0. The minimum absolute atomic E-state index is 0.199. The first-order chi connectivity index (χ1) is 14.3. The van der Waals surface area contributed by atoms with E-state index in [-0.39, 0.29) is 11.5 Å². The van der Waals surface area contributed by atoms with Crippen molar-refractivity contribution in [2.75, 3.05) is 0 Å². The van der Waals surface area contributed by atoms with Gasteiger partial charge in [0.15, 0.2) is 0 Å². The van der Waals surface area contributed by atoms with Gasteiger partial charge in [0.05, 0.1) is 0 Å². The Labute approximate surface area is 170 Å². The third kappa shape index (κ3) is 3.71. The van der Waals surface area contributed by atoms with Crippen LogP contribution in [0.2, 0.25) is 0 Å². The van der Waals surface area contributed by atoms with E-state index >= 15 is 0 Å². The van der Waals surface area contributed by atoms with E-state index in [1.54, 1.807) is 0 Å². The number of hydrogen-bond acceptors (Lipinski definition) is 3. The van der Waals surface area contributed by atoms with Gasteiger partial charge in [-0.2, -0.15) is 5.10 Å². The van der Waals surface area contributed by atoms with Crippen LogP contribution in [0, 0.1) is 0 Å². The van der Waals surface area contributed by atoms with Crippen LogP contribution in [0.15, 0.2) is 114 Å². The normalized spacial score (nSPS) is 11.2. The van der Waals surface area contributed by atoms with Crippen molar-refractivity contribution >= 4 is 11.5 Å². The van der Waals surface area contributed by atoms with Crippen LogP contribution >= 0.6 is 0 Å². The lowest BCUT2D eigenvalue weighted by atomic mass is 9.90. The summed E-state index contributed by atoms with van der Waals surface area (Å²) in [7, 11) is 0. The van der Waals surface area contributed by atoms with Crippen LogP contribution in [0.25, 0.3) is 22.3 Å². The lowest BCUT2D eigenvalue weighted by Crippen LogP contribution is -2.19. The van der Waals surface area contributed by atoms with Gasteiger partial charge in [-0.15, -0.1) is 0 Å². The SMILES string of the molecule is N/N=C(\C(=O)c1ccccc1-c1ccccc1)c1ccccc1-c1ccccc1. The Kier molecular flexibility index (Phi) is 5.30. The van der Waals surface area contributed by atoms with E-state index in [9.17, 15) is 4.79 Å². The molecule has 0 atom stereocenters. The van der Waals surface area contributed by atoms with Gasteiger partial charge >= 0.3 is 0 Å². The third-order valence-electron chi connectivity index (χ3n) is 4.87. The summed E-state index contributed by atoms with van der Waals surface area (Å²) in [5.41, 5.74) is 5.30. The molecule has 0 aliphatic heterocycles. The lowest BCUT2D eigenvalue weighted by Gasteiger charge is -2.13. The number of nitrogens with two attached hydrogens (primary N) is 1. The van der Waals surface area contributed by atoms with Crippen LogP contribution in [-0.4, -0.2) is 11.5 Å². The second-order valence-corrected chi connectivity index (χ2v) is 6.63. The fourth-order valence-electron chi connectivity index (χ4n) is 3.49. The number of ketones is 1. The zero-order valence-corrected chi connectivity index (χ0v) is 15.8. The molecule has 0 amide bonds. The Balaban J connectivity index is 1.82. The van der Waals surface area contributed by atoms with Gasteiger partial charge in [0.1, 0.15) is 5.71 Å². The summed E-state index contributed by atoms with van der Waals surface area (Å²) < 4.78 is 0.